The molecule has 0 fully saturated rings. The maximum Gasteiger partial charge on any atom is 0.279 e. The highest BCUT2D eigenvalue weighted by Crippen LogP contribution is 2.10. The SMILES string of the molecule is CCNC(=S)NNC(=O)[C@H](C)Oc1ccccc1. The molecule has 0 saturated carbocycles. The Morgan fingerprint density at radius 1 is 1.33 bits per heavy atom. The largest absolute Gasteiger partial charge is 0.481 e. The number of rotatable bonds is 4. The van der Waals surface area contributed by atoms with Gasteiger partial charge < -0.3 is 10.1 Å². The van der Waals surface area contributed by atoms with Crippen LogP contribution < -0.4 is 20.9 Å². The Morgan fingerprint density at radius 2 is 2.00 bits per heavy atom. The average Bonchev–Trinajstić information content (AvgIpc) is 2.37. The van der Waals surface area contributed by atoms with Gasteiger partial charge in [-0.05, 0) is 38.2 Å². The van der Waals surface area contributed by atoms with Crippen molar-refractivity contribution >= 4 is 23.2 Å². The second-order valence-corrected chi connectivity index (χ2v) is 3.96. The molecule has 6 heteroatoms. The summed E-state index contributed by atoms with van der Waals surface area (Å²) in [5.41, 5.74) is 5.06. The van der Waals surface area contributed by atoms with E-state index in [1.165, 1.54) is 0 Å². The zero-order chi connectivity index (χ0) is 13.4. The van der Waals surface area contributed by atoms with Crippen LogP contribution in [0.4, 0.5) is 0 Å². The van der Waals surface area contributed by atoms with Gasteiger partial charge in [-0.3, -0.25) is 15.6 Å². The van der Waals surface area contributed by atoms with Crippen molar-refractivity contribution in [1.82, 2.24) is 16.2 Å². The van der Waals surface area contributed by atoms with E-state index in [0.29, 0.717) is 17.4 Å². The lowest BCUT2D eigenvalue weighted by Crippen LogP contribution is -2.50. The molecule has 1 aromatic rings. The zero-order valence-corrected chi connectivity index (χ0v) is 11.2. The van der Waals surface area contributed by atoms with E-state index in [2.05, 4.69) is 16.2 Å². The van der Waals surface area contributed by atoms with E-state index < -0.39 is 6.10 Å². The number of ether oxygens (including phenoxy) is 1. The van der Waals surface area contributed by atoms with Crippen molar-refractivity contribution in [2.75, 3.05) is 6.54 Å². The van der Waals surface area contributed by atoms with Crippen LogP contribution >= 0.6 is 12.2 Å². The normalized spacial score (nSPS) is 11.2. The van der Waals surface area contributed by atoms with Crippen LogP contribution in [-0.4, -0.2) is 23.7 Å². The summed E-state index contributed by atoms with van der Waals surface area (Å²) in [5, 5.41) is 3.23. The summed E-state index contributed by atoms with van der Waals surface area (Å²) < 4.78 is 5.45. The van der Waals surface area contributed by atoms with Crippen molar-refractivity contribution < 1.29 is 9.53 Å². The lowest BCUT2D eigenvalue weighted by Gasteiger charge is -2.16. The number of benzene rings is 1. The molecule has 0 spiro atoms. The highest BCUT2D eigenvalue weighted by molar-refractivity contribution is 7.80. The molecule has 0 aromatic heterocycles. The predicted molar refractivity (Wildman–Crippen MR) is 74.1 cm³/mol. The number of carbonyl (C=O) groups excluding carboxylic acids is 1. The van der Waals surface area contributed by atoms with E-state index in [1.807, 2.05) is 25.1 Å². The van der Waals surface area contributed by atoms with Crippen molar-refractivity contribution in [2.45, 2.75) is 20.0 Å². The monoisotopic (exact) mass is 267 g/mol. The van der Waals surface area contributed by atoms with E-state index in [-0.39, 0.29) is 5.91 Å². The number of hydrogen-bond acceptors (Lipinski definition) is 3. The third-order valence-corrected chi connectivity index (χ3v) is 2.31. The van der Waals surface area contributed by atoms with Crippen LogP contribution in [-0.2, 0) is 4.79 Å². The lowest BCUT2D eigenvalue weighted by molar-refractivity contribution is -0.127. The van der Waals surface area contributed by atoms with E-state index >= 15 is 0 Å². The van der Waals surface area contributed by atoms with Gasteiger partial charge in [-0.25, -0.2) is 0 Å². The molecule has 1 atom stereocenters. The van der Waals surface area contributed by atoms with Crippen LogP contribution in [0.2, 0.25) is 0 Å². The maximum atomic E-state index is 11.7. The number of hydrogen-bond donors (Lipinski definition) is 3. The van der Waals surface area contributed by atoms with Crippen molar-refractivity contribution in [1.29, 1.82) is 0 Å². The molecule has 0 bridgehead atoms. The van der Waals surface area contributed by atoms with Crippen LogP contribution in [0.25, 0.3) is 0 Å². The second-order valence-electron chi connectivity index (χ2n) is 3.55. The fourth-order valence-corrected chi connectivity index (χ4v) is 1.38. The molecule has 0 aliphatic rings. The average molecular weight is 267 g/mol. The summed E-state index contributed by atoms with van der Waals surface area (Å²) >= 11 is 4.91. The van der Waals surface area contributed by atoms with E-state index in [1.54, 1.807) is 19.1 Å². The van der Waals surface area contributed by atoms with E-state index in [9.17, 15) is 4.79 Å². The highest BCUT2D eigenvalue weighted by atomic mass is 32.1. The Kier molecular flexibility index (Phi) is 5.93. The van der Waals surface area contributed by atoms with Gasteiger partial charge in [0.2, 0.25) is 0 Å². The Balaban J connectivity index is 2.35. The van der Waals surface area contributed by atoms with Crippen LogP contribution in [0.3, 0.4) is 0 Å². The third-order valence-electron chi connectivity index (χ3n) is 2.06. The first-order valence-electron chi connectivity index (χ1n) is 5.69. The standard InChI is InChI=1S/C12H17N3O2S/c1-3-13-12(18)15-14-11(16)9(2)17-10-7-5-4-6-8-10/h4-9H,3H2,1-2H3,(H,14,16)(H2,13,15,18)/t9-/m0/s1. The molecule has 0 heterocycles. The molecule has 1 aromatic carbocycles. The smallest absolute Gasteiger partial charge is 0.279 e. The van der Waals surface area contributed by atoms with Crippen molar-refractivity contribution in [3.63, 3.8) is 0 Å². The fraction of sp³-hybridized carbons (Fsp3) is 0.333. The van der Waals surface area contributed by atoms with Gasteiger partial charge in [-0.1, -0.05) is 18.2 Å². The predicted octanol–water partition coefficient (Wildman–Crippen LogP) is 0.969. The summed E-state index contributed by atoms with van der Waals surface area (Å²) in [6, 6.07) is 9.16. The Bertz CT molecular complexity index is 398. The number of carbonyl (C=O) groups is 1. The molecule has 18 heavy (non-hydrogen) atoms. The molecule has 0 saturated heterocycles. The number of thiocarbonyl (C=S) groups is 1. The molecule has 0 aliphatic carbocycles. The quantitative estimate of drug-likeness (QED) is 0.560. The van der Waals surface area contributed by atoms with Gasteiger partial charge in [0, 0.05) is 6.54 Å². The van der Waals surface area contributed by atoms with Crippen LogP contribution in [0.1, 0.15) is 13.8 Å². The first-order valence-corrected chi connectivity index (χ1v) is 6.09. The molecule has 1 rings (SSSR count). The van der Waals surface area contributed by atoms with Crippen molar-refractivity contribution in [3.8, 4) is 5.75 Å². The van der Waals surface area contributed by atoms with Crippen molar-refractivity contribution in [2.24, 2.45) is 0 Å². The van der Waals surface area contributed by atoms with Crippen LogP contribution in [0.15, 0.2) is 30.3 Å². The summed E-state index contributed by atoms with van der Waals surface area (Å²) in [6.07, 6.45) is -0.607. The molecule has 0 unspecified atom stereocenters. The molecule has 3 N–H and O–H groups in total. The Labute approximate surface area is 112 Å². The number of hydrazine groups is 1. The summed E-state index contributed by atoms with van der Waals surface area (Å²) in [5.74, 6) is 0.355. The summed E-state index contributed by atoms with van der Waals surface area (Å²) in [6.45, 7) is 4.27. The topological polar surface area (TPSA) is 62.4 Å². The van der Waals surface area contributed by atoms with Crippen LogP contribution in [0, 0.1) is 0 Å². The van der Waals surface area contributed by atoms with Gasteiger partial charge >= 0.3 is 0 Å². The molecule has 5 nitrogen and oxygen atoms in total. The Hall–Kier alpha value is -1.82. The number of para-hydroxylation sites is 1. The van der Waals surface area contributed by atoms with E-state index in [0.717, 1.165) is 0 Å². The van der Waals surface area contributed by atoms with Gasteiger partial charge in [-0.15, -0.1) is 0 Å². The summed E-state index contributed by atoms with van der Waals surface area (Å²) in [7, 11) is 0. The van der Waals surface area contributed by atoms with Crippen molar-refractivity contribution in [3.05, 3.63) is 30.3 Å². The van der Waals surface area contributed by atoms with Gasteiger partial charge in [-0.2, -0.15) is 0 Å². The molecule has 1 amide bonds. The highest BCUT2D eigenvalue weighted by Gasteiger charge is 2.14. The molecule has 0 radical (unpaired) electrons. The molecular formula is C12H17N3O2S. The molecular weight excluding hydrogens is 250 g/mol. The first-order chi connectivity index (χ1) is 8.63. The minimum absolute atomic E-state index is 0.292. The third kappa shape index (κ3) is 5.01. The lowest BCUT2D eigenvalue weighted by atomic mass is 10.3. The zero-order valence-electron chi connectivity index (χ0n) is 10.4. The fourth-order valence-electron chi connectivity index (χ4n) is 1.18. The summed E-state index contributed by atoms with van der Waals surface area (Å²) in [4.78, 5) is 11.7. The second kappa shape index (κ2) is 7.50. The Morgan fingerprint density at radius 3 is 2.61 bits per heavy atom. The van der Waals surface area contributed by atoms with Gasteiger partial charge in [0.15, 0.2) is 11.2 Å². The minimum atomic E-state index is -0.607. The molecule has 0 aliphatic heterocycles. The minimum Gasteiger partial charge on any atom is -0.481 e. The van der Waals surface area contributed by atoms with Crippen LogP contribution in [0.5, 0.6) is 5.75 Å². The van der Waals surface area contributed by atoms with Gasteiger partial charge in [0.05, 0.1) is 0 Å². The van der Waals surface area contributed by atoms with Gasteiger partial charge in [0.1, 0.15) is 5.75 Å². The first kappa shape index (κ1) is 14.2. The molecule has 98 valence electrons. The van der Waals surface area contributed by atoms with E-state index in [4.69, 9.17) is 17.0 Å². The number of nitrogens with one attached hydrogen (secondary N) is 3. The maximum absolute atomic E-state index is 11.7. The number of amides is 1. The van der Waals surface area contributed by atoms with Gasteiger partial charge in [0.25, 0.3) is 5.91 Å².